The van der Waals surface area contributed by atoms with E-state index in [0.717, 1.165) is 12.8 Å². The third kappa shape index (κ3) is 3.62. The number of carbonyl (C=O) groups excluding carboxylic acids is 1. The first-order valence-electron chi connectivity index (χ1n) is 9.00. The fraction of sp³-hybridized carbons (Fsp3) is 0.588. The summed E-state index contributed by atoms with van der Waals surface area (Å²) in [6, 6.07) is 1.81. The van der Waals surface area contributed by atoms with Crippen molar-refractivity contribution in [1.29, 1.82) is 0 Å². The molecule has 1 unspecified atom stereocenters. The molecule has 0 aromatic carbocycles. The van der Waals surface area contributed by atoms with E-state index in [0.29, 0.717) is 43.5 Å². The highest BCUT2D eigenvalue weighted by atomic mass is 16.5. The van der Waals surface area contributed by atoms with Crippen LogP contribution in [-0.4, -0.2) is 64.3 Å². The van der Waals surface area contributed by atoms with Crippen LogP contribution < -0.4 is 5.63 Å². The molecule has 10 heteroatoms. The molecule has 0 spiro atoms. The van der Waals surface area contributed by atoms with Crippen LogP contribution in [0, 0.1) is 6.92 Å². The molecule has 4 heterocycles. The van der Waals surface area contributed by atoms with E-state index in [9.17, 15) is 9.59 Å². The number of carbonyl (C=O) groups is 1. The largest absolute Gasteiger partial charge is 0.427 e. The summed E-state index contributed by atoms with van der Waals surface area (Å²) in [4.78, 5) is 27.1. The Morgan fingerprint density at radius 2 is 2.11 bits per heavy atom. The van der Waals surface area contributed by atoms with Crippen LogP contribution in [-0.2, 0) is 9.47 Å². The quantitative estimate of drug-likeness (QED) is 0.826. The molecule has 2 aromatic rings. The van der Waals surface area contributed by atoms with Gasteiger partial charge < -0.3 is 18.8 Å². The van der Waals surface area contributed by atoms with Crippen molar-refractivity contribution in [3.63, 3.8) is 0 Å². The van der Waals surface area contributed by atoms with Crippen molar-refractivity contribution in [2.75, 3.05) is 32.9 Å². The monoisotopic (exact) mass is 375 g/mol. The molecule has 2 aliphatic heterocycles. The van der Waals surface area contributed by atoms with Crippen LogP contribution in [0.25, 0.3) is 0 Å². The second kappa shape index (κ2) is 7.57. The van der Waals surface area contributed by atoms with Crippen LogP contribution in [0.1, 0.15) is 52.4 Å². The smallest absolute Gasteiger partial charge is 0.349 e. The zero-order valence-corrected chi connectivity index (χ0v) is 15.0. The second-order valence-electron chi connectivity index (χ2n) is 6.76. The number of ether oxygens (including phenoxy) is 2. The number of morpholine rings is 1. The number of tetrazole rings is 1. The summed E-state index contributed by atoms with van der Waals surface area (Å²) >= 11 is 0. The minimum absolute atomic E-state index is 0.0690. The van der Waals surface area contributed by atoms with Crippen LogP contribution in [0.2, 0.25) is 0 Å². The van der Waals surface area contributed by atoms with Gasteiger partial charge in [0.25, 0.3) is 5.91 Å². The molecule has 1 N–H and O–H groups in total. The minimum Gasteiger partial charge on any atom is -0.427 e. The summed E-state index contributed by atoms with van der Waals surface area (Å²) in [7, 11) is 0. The van der Waals surface area contributed by atoms with E-state index < -0.39 is 11.7 Å². The third-order valence-corrected chi connectivity index (χ3v) is 5.01. The average molecular weight is 375 g/mol. The Morgan fingerprint density at radius 1 is 1.30 bits per heavy atom. The number of amides is 1. The van der Waals surface area contributed by atoms with Gasteiger partial charge in [-0.1, -0.05) is 5.21 Å². The average Bonchev–Trinajstić information content (AvgIpc) is 3.23. The highest BCUT2D eigenvalue weighted by Crippen LogP contribution is 2.27. The second-order valence-corrected chi connectivity index (χ2v) is 6.76. The maximum Gasteiger partial charge on any atom is 0.349 e. The minimum atomic E-state index is -0.593. The van der Waals surface area contributed by atoms with Crippen molar-refractivity contribution in [1.82, 2.24) is 25.5 Å². The highest BCUT2D eigenvalue weighted by Gasteiger charge is 2.31. The normalized spacial score (nSPS) is 21.4. The standard InChI is InChI=1S/C17H21N5O5/c1-10-8-12(11-2-5-25-6-3-11)27-17(24)14(10)16(23)22-4-7-26-13(9-22)15-18-20-21-19-15/h8,11,13H,2-7,9H2,1H3,(H,18,19,20,21). The van der Waals surface area contributed by atoms with E-state index in [1.54, 1.807) is 11.8 Å². The van der Waals surface area contributed by atoms with Crippen molar-refractivity contribution in [2.24, 2.45) is 0 Å². The molecule has 0 bridgehead atoms. The summed E-state index contributed by atoms with van der Waals surface area (Å²) in [5.74, 6) is 0.798. The van der Waals surface area contributed by atoms with Crippen LogP contribution >= 0.6 is 0 Å². The lowest BCUT2D eigenvalue weighted by atomic mass is 9.95. The molecule has 4 rings (SSSR count). The highest BCUT2D eigenvalue weighted by molar-refractivity contribution is 5.95. The van der Waals surface area contributed by atoms with E-state index in [1.165, 1.54) is 0 Å². The first-order valence-corrected chi connectivity index (χ1v) is 9.00. The summed E-state index contributed by atoms with van der Waals surface area (Å²) in [5, 5.41) is 13.7. The molecule has 2 aliphatic rings. The van der Waals surface area contributed by atoms with E-state index in [1.807, 2.05) is 6.07 Å². The van der Waals surface area contributed by atoms with E-state index in [-0.39, 0.29) is 23.9 Å². The number of aryl methyl sites for hydroxylation is 1. The van der Waals surface area contributed by atoms with Crippen molar-refractivity contribution in [2.45, 2.75) is 31.8 Å². The Balaban J connectivity index is 1.55. The van der Waals surface area contributed by atoms with Gasteiger partial charge in [0.1, 0.15) is 17.4 Å². The third-order valence-electron chi connectivity index (χ3n) is 5.01. The molecule has 144 valence electrons. The fourth-order valence-corrected chi connectivity index (χ4v) is 3.53. The van der Waals surface area contributed by atoms with Crippen LogP contribution in [0.3, 0.4) is 0 Å². The SMILES string of the molecule is Cc1cc(C2CCOCC2)oc(=O)c1C(=O)N1CCOC(c2nn[nH]n2)C1. The molecule has 2 fully saturated rings. The van der Waals surface area contributed by atoms with Crippen LogP contribution in [0.5, 0.6) is 0 Å². The maximum atomic E-state index is 13.0. The fourth-order valence-electron chi connectivity index (χ4n) is 3.53. The van der Waals surface area contributed by atoms with Gasteiger partial charge in [0.05, 0.1) is 13.2 Å². The lowest BCUT2D eigenvalue weighted by Gasteiger charge is -2.31. The lowest BCUT2D eigenvalue weighted by Crippen LogP contribution is -2.44. The van der Waals surface area contributed by atoms with Crippen molar-refractivity contribution in [3.8, 4) is 0 Å². The Kier molecular flexibility index (Phi) is 4.99. The van der Waals surface area contributed by atoms with Gasteiger partial charge in [-0.15, -0.1) is 10.2 Å². The summed E-state index contributed by atoms with van der Waals surface area (Å²) < 4.78 is 16.5. The summed E-state index contributed by atoms with van der Waals surface area (Å²) in [6.07, 6.45) is 1.15. The summed E-state index contributed by atoms with van der Waals surface area (Å²) in [5.41, 5.74) is 0.101. The first-order chi connectivity index (χ1) is 13.1. The lowest BCUT2D eigenvalue weighted by molar-refractivity contribution is -0.0269. The van der Waals surface area contributed by atoms with Gasteiger partial charge >= 0.3 is 5.63 Å². The zero-order valence-electron chi connectivity index (χ0n) is 15.0. The van der Waals surface area contributed by atoms with Gasteiger partial charge in [0.15, 0.2) is 0 Å². The van der Waals surface area contributed by atoms with E-state index in [4.69, 9.17) is 13.9 Å². The molecule has 2 aromatic heterocycles. The number of nitrogens with one attached hydrogen (secondary N) is 1. The van der Waals surface area contributed by atoms with Gasteiger partial charge in [-0.3, -0.25) is 4.79 Å². The number of nitrogens with zero attached hydrogens (tertiary/aromatic N) is 4. The van der Waals surface area contributed by atoms with E-state index >= 15 is 0 Å². The Hall–Kier alpha value is -2.59. The molecule has 10 nitrogen and oxygen atoms in total. The van der Waals surface area contributed by atoms with Crippen LogP contribution in [0.4, 0.5) is 0 Å². The van der Waals surface area contributed by atoms with Gasteiger partial charge in [-0.2, -0.15) is 5.21 Å². The molecule has 1 atom stereocenters. The first kappa shape index (κ1) is 17.8. The molecule has 0 radical (unpaired) electrons. The molecule has 0 saturated carbocycles. The number of aromatic amines is 1. The molecular weight excluding hydrogens is 354 g/mol. The maximum absolute atomic E-state index is 13.0. The van der Waals surface area contributed by atoms with Gasteiger partial charge in [-0.25, -0.2) is 4.79 Å². The number of hydrogen-bond donors (Lipinski definition) is 1. The van der Waals surface area contributed by atoms with E-state index in [2.05, 4.69) is 20.6 Å². The topological polar surface area (TPSA) is 123 Å². The molecular formula is C17H21N5O5. The summed E-state index contributed by atoms with van der Waals surface area (Å²) in [6.45, 7) is 4.03. The Bertz CT molecular complexity index is 859. The van der Waals surface area contributed by atoms with Crippen molar-refractivity contribution >= 4 is 5.91 Å². The number of hydrogen-bond acceptors (Lipinski definition) is 8. The molecule has 27 heavy (non-hydrogen) atoms. The van der Waals surface area contributed by atoms with Crippen molar-refractivity contribution < 1.29 is 18.7 Å². The van der Waals surface area contributed by atoms with Gasteiger partial charge in [0.2, 0.25) is 5.82 Å². The molecule has 0 aliphatic carbocycles. The molecule has 1 amide bonds. The molecule has 2 saturated heterocycles. The van der Waals surface area contributed by atoms with Gasteiger partial charge in [0, 0.05) is 25.7 Å². The van der Waals surface area contributed by atoms with Crippen LogP contribution in [0.15, 0.2) is 15.3 Å². The number of rotatable bonds is 3. The number of aromatic nitrogens is 4. The Labute approximate surface area is 154 Å². The Morgan fingerprint density at radius 3 is 2.81 bits per heavy atom. The van der Waals surface area contributed by atoms with Gasteiger partial charge in [-0.05, 0) is 31.4 Å². The van der Waals surface area contributed by atoms with Crippen molar-refractivity contribution in [3.05, 3.63) is 39.2 Å². The predicted octanol–water partition coefficient (Wildman–Crippen LogP) is 0.569. The number of H-pyrrole nitrogens is 1. The predicted molar refractivity (Wildman–Crippen MR) is 91.3 cm³/mol. The zero-order chi connectivity index (χ0) is 18.8.